The van der Waals surface area contributed by atoms with Crippen LogP contribution in [0.1, 0.15) is 36.9 Å². The number of nitrogens with one attached hydrogen (secondary N) is 1. The Morgan fingerprint density at radius 3 is 2.59 bits per heavy atom. The number of aromatic nitrogens is 2. The minimum Gasteiger partial charge on any atom is -0.508 e. The number of hydrogen-bond acceptors (Lipinski definition) is 8. The second-order valence-electron chi connectivity index (χ2n) is 11.4. The average molecular weight is 556 g/mol. The van der Waals surface area contributed by atoms with E-state index in [9.17, 15) is 9.90 Å². The molecule has 3 aliphatic rings. The standard InChI is InChI=1S/C32H41N7O2/c1-2-30(41)37-17-19-38(20-18-37)31-27-11-16-39(29-22-25(40)21-24-9-4-5-10-26(24)29)23-28(27)34-32(35-31)33-12-8-15-36-13-6-3-7-14-36/h2,4-5,9-10,21-22,40H,1,3,6-8,11-20,23H2,(H,33,34,35). The van der Waals surface area contributed by atoms with Crippen LogP contribution in [0.3, 0.4) is 0 Å². The molecule has 2 fully saturated rings. The Morgan fingerprint density at radius 1 is 0.976 bits per heavy atom. The zero-order valence-corrected chi connectivity index (χ0v) is 23.9. The molecule has 41 heavy (non-hydrogen) atoms. The molecule has 3 aliphatic heterocycles. The third-order valence-corrected chi connectivity index (χ3v) is 8.66. The fourth-order valence-corrected chi connectivity index (χ4v) is 6.45. The van der Waals surface area contributed by atoms with Crippen molar-refractivity contribution >= 4 is 34.1 Å². The van der Waals surface area contributed by atoms with Crippen LogP contribution in [0.25, 0.3) is 10.8 Å². The summed E-state index contributed by atoms with van der Waals surface area (Å²) in [6, 6.07) is 11.9. The van der Waals surface area contributed by atoms with Gasteiger partial charge in [0.25, 0.3) is 0 Å². The number of piperazine rings is 1. The summed E-state index contributed by atoms with van der Waals surface area (Å²) in [4.78, 5) is 31.3. The van der Waals surface area contributed by atoms with E-state index < -0.39 is 0 Å². The third-order valence-electron chi connectivity index (χ3n) is 8.66. The third kappa shape index (κ3) is 6.10. The van der Waals surface area contributed by atoms with Crippen LogP contribution in [-0.2, 0) is 17.8 Å². The molecule has 1 amide bonds. The molecule has 0 unspecified atom stereocenters. The maximum absolute atomic E-state index is 12.2. The highest BCUT2D eigenvalue weighted by molar-refractivity contribution is 5.95. The van der Waals surface area contributed by atoms with Crippen molar-refractivity contribution in [3.63, 3.8) is 0 Å². The van der Waals surface area contributed by atoms with Crippen molar-refractivity contribution in [2.75, 3.05) is 74.0 Å². The Kier molecular flexibility index (Phi) is 8.23. The number of piperidine rings is 1. The van der Waals surface area contributed by atoms with Crippen molar-refractivity contribution < 1.29 is 9.90 Å². The zero-order valence-electron chi connectivity index (χ0n) is 23.9. The number of fused-ring (bicyclic) bond motifs is 2. The number of hydrogen-bond donors (Lipinski definition) is 2. The molecule has 0 spiro atoms. The van der Waals surface area contributed by atoms with Gasteiger partial charge in [0.1, 0.15) is 11.6 Å². The molecule has 216 valence electrons. The Bertz CT molecular complexity index is 1400. The molecule has 0 aliphatic carbocycles. The molecule has 2 saturated heterocycles. The highest BCUT2D eigenvalue weighted by Crippen LogP contribution is 2.36. The quantitative estimate of drug-likeness (QED) is 0.318. The van der Waals surface area contributed by atoms with E-state index in [1.807, 2.05) is 35.2 Å². The Hall–Kier alpha value is -3.85. The van der Waals surface area contributed by atoms with Crippen LogP contribution in [0.4, 0.5) is 17.5 Å². The molecular formula is C32H41N7O2. The van der Waals surface area contributed by atoms with Crippen LogP contribution >= 0.6 is 0 Å². The number of anilines is 3. The van der Waals surface area contributed by atoms with E-state index >= 15 is 0 Å². The van der Waals surface area contributed by atoms with Crippen LogP contribution in [0.15, 0.2) is 49.1 Å². The monoisotopic (exact) mass is 555 g/mol. The van der Waals surface area contributed by atoms with Gasteiger partial charge in [0.2, 0.25) is 11.9 Å². The lowest BCUT2D eigenvalue weighted by Crippen LogP contribution is -2.49. The van der Waals surface area contributed by atoms with E-state index in [0.717, 1.165) is 73.5 Å². The van der Waals surface area contributed by atoms with E-state index in [1.54, 1.807) is 0 Å². The SMILES string of the molecule is C=CC(=O)N1CCN(c2nc(NCCCN3CCCCC3)nc3c2CCN(c2cc(O)cc4ccccc24)C3)CC1. The highest BCUT2D eigenvalue weighted by Gasteiger charge is 2.28. The molecule has 9 heteroatoms. The van der Waals surface area contributed by atoms with Gasteiger partial charge in [-0.3, -0.25) is 4.79 Å². The Morgan fingerprint density at radius 2 is 1.78 bits per heavy atom. The Labute approximate surface area is 242 Å². The number of benzene rings is 2. The first-order chi connectivity index (χ1) is 20.1. The molecule has 9 nitrogen and oxygen atoms in total. The lowest BCUT2D eigenvalue weighted by atomic mass is 10.0. The van der Waals surface area contributed by atoms with Crippen LogP contribution in [0.5, 0.6) is 5.75 Å². The lowest BCUT2D eigenvalue weighted by Gasteiger charge is -2.38. The van der Waals surface area contributed by atoms with Crippen molar-refractivity contribution in [3.05, 3.63) is 60.3 Å². The summed E-state index contributed by atoms with van der Waals surface area (Å²) in [5.74, 6) is 1.92. The Balaban J connectivity index is 1.24. The summed E-state index contributed by atoms with van der Waals surface area (Å²) in [7, 11) is 0. The van der Waals surface area contributed by atoms with Gasteiger partial charge in [0.15, 0.2) is 0 Å². The molecular weight excluding hydrogens is 514 g/mol. The topological polar surface area (TPSA) is 88.1 Å². The van der Waals surface area contributed by atoms with E-state index in [4.69, 9.17) is 9.97 Å². The van der Waals surface area contributed by atoms with Gasteiger partial charge in [-0.1, -0.05) is 37.3 Å². The molecule has 0 atom stereocenters. The van der Waals surface area contributed by atoms with Gasteiger partial charge in [0.05, 0.1) is 12.2 Å². The van der Waals surface area contributed by atoms with Crippen LogP contribution in [0.2, 0.25) is 0 Å². The van der Waals surface area contributed by atoms with E-state index in [1.165, 1.54) is 44.0 Å². The molecule has 1 aromatic heterocycles. The second kappa shape index (κ2) is 12.3. The van der Waals surface area contributed by atoms with Gasteiger partial charge in [-0.25, -0.2) is 4.98 Å². The van der Waals surface area contributed by atoms with Crippen molar-refractivity contribution in [1.82, 2.24) is 19.8 Å². The predicted octanol–water partition coefficient (Wildman–Crippen LogP) is 4.02. The number of carbonyl (C=O) groups excluding carboxylic acids is 1. The molecule has 0 bridgehead atoms. The molecule has 0 saturated carbocycles. The fraction of sp³-hybridized carbons (Fsp3) is 0.469. The van der Waals surface area contributed by atoms with Crippen molar-refractivity contribution in [2.24, 2.45) is 0 Å². The predicted molar refractivity (Wildman–Crippen MR) is 165 cm³/mol. The van der Waals surface area contributed by atoms with E-state index in [-0.39, 0.29) is 11.7 Å². The number of phenolic OH excluding ortho intramolecular Hbond substituents is 1. The summed E-state index contributed by atoms with van der Waals surface area (Å²) in [6.07, 6.45) is 7.23. The first-order valence-corrected chi connectivity index (χ1v) is 15.1. The summed E-state index contributed by atoms with van der Waals surface area (Å²) < 4.78 is 0. The number of phenols is 1. The summed E-state index contributed by atoms with van der Waals surface area (Å²) >= 11 is 0. The van der Waals surface area contributed by atoms with Crippen molar-refractivity contribution in [2.45, 2.75) is 38.6 Å². The number of aromatic hydroxyl groups is 1. The fourth-order valence-electron chi connectivity index (χ4n) is 6.45. The number of rotatable bonds is 8. The van der Waals surface area contributed by atoms with Gasteiger partial charge in [-0.05, 0) is 62.8 Å². The van der Waals surface area contributed by atoms with Crippen molar-refractivity contribution in [3.8, 4) is 5.75 Å². The maximum atomic E-state index is 12.2. The molecule has 2 aromatic carbocycles. The van der Waals surface area contributed by atoms with E-state index in [0.29, 0.717) is 25.6 Å². The summed E-state index contributed by atoms with van der Waals surface area (Å²) in [5, 5.41) is 16.2. The van der Waals surface area contributed by atoms with Gasteiger partial charge in [0, 0.05) is 62.0 Å². The van der Waals surface area contributed by atoms with Crippen molar-refractivity contribution in [1.29, 1.82) is 0 Å². The molecule has 3 aromatic rings. The second-order valence-corrected chi connectivity index (χ2v) is 11.4. The summed E-state index contributed by atoms with van der Waals surface area (Å²) in [6.45, 7) is 12.2. The minimum atomic E-state index is -0.0144. The number of likely N-dealkylation sites (tertiary alicyclic amines) is 1. The number of carbonyl (C=O) groups is 1. The van der Waals surface area contributed by atoms with Crippen LogP contribution in [0, 0.1) is 0 Å². The van der Waals surface area contributed by atoms with Gasteiger partial charge < -0.3 is 30.0 Å². The largest absolute Gasteiger partial charge is 0.508 e. The lowest BCUT2D eigenvalue weighted by molar-refractivity contribution is -0.126. The number of amides is 1. The number of nitrogens with zero attached hydrogens (tertiary/aromatic N) is 6. The first kappa shape index (κ1) is 27.3. The van der Waals surface area contributed by atoms with Crippen LogP contribution < -0.4 is 15.1 Å². The summed E-state index contributed by atoms with van der Waals surface area (Å²) in [5.41, 5.74) is 3.24. The zero-order chi connectivity index (χ0) is 28.2. The normalized spacial score (nSPS) is 17.9. The first-order valence-electron chi connectivity index (χ1n) is 15.1. The van der Waals surface area contributed by atoms with Gasteiger partial charge >= 0.3 is 0 Å². The molecule has 2 N–H and O–H groups in total. The van der Waals surface area contributed by atoms with Gasteiger partial charge in [-0.2, -0.15) is 4.98 Å². The van der Waals surface area contributed by atoms with E-state index in [2.05, 4.69) is 32.7 Å². The molecule has 4 heterocycles. The molecule has 0 radical (unpaired) electrons. The smallest absolute Gasteiger partial charge is 0.246 e. The minimum absolute atomic E-state index is 0.0144. The average Bonchev–Trinajstić information content (AvgIpc) is 3.02. The van der Waals surface area contributed by atoms with Gasteiger partial charge in [-0.15, -0.1) is 0 Å². The maximum Gasteiger partial charge on any atom is 0.246 e. The van der Waals surface area contributed by atoms with Crippen LogP contribution in [-0.4, -0.2) is 89.7 Å². The highest BCUT2D eigenvalue weighted by atomic mass is 16.3. The molecule has 6 rings (SSSR count).